The molecule has 0 bridgehead atoms. The van der Waals surface area contributed by atoms with Gasteiger partial charge in [-0.1, -0.05) is 11.6 Å². The van der Waals surface area contributed by atoms with Crippen molar-refractivity contribution >= 4 is 23.2 Å². The maximum absolute atomic E-state index is 12.1. The summed E-state index contributed by atoms with van der Waals surface area (Å²) in [5.41, 5.74) is 1.09. The Morgan fingerprint density at radius 1 is 1.61 bits per heavy atom. The standard InChI is InChI=1S/C12H12ClN3O2/c1-16-11(13)9(6-14-16)15-12(17)8-4-5-18-10(8)7-2-3-7/h4-7H,2-3H2,1H3,(H,15,17). The Morgan fingerprint density at radius 3 is 3.00 bits per heavy atom. The molecule has 1 aliphatic rings. The predicted octanol–water partition coefficient (Wildman–Crippen LogP) is 2.80. The van der Waals surface area contributed by atoms with Crippen LogP contribution in [-0.4, -0.2) is 15.7 Å². The summed E-state index contributed by atoms with van der Waals surface area (Å²) < 4.78 is 6.86. The summed E-state index contributed by atoms with van der Waals surface area (Å²) >= 11 is 5.99. The van der Waals surface area contributed by atoms with Crippen LogP contribution < -0.4 is 5.32 Å². The molecule has 1 amide bonds. The van der Waals surface area contributed by atoms with Crippen molar-refractivity contribution in [2.24, 2.45) is 7.05 Å². The van der Waals surface area contributed by atoms with Crippen molar-refractivity contribution in [3.8, 4) is 0 Å². The molecule has 5 nitrogen and oxygen atoms in total. The van der Waals surface area contributed by atoms with Gasteiger partial charge in [-0.15, -0.1) is 0 Å². The van der Waals surface area contributed by atoms with Gasteiger partial charge in [-0.05, 0) is 18.9 Å². The monoisotopic (exact) mass is 265 g/mol. The smallest absolute Gasteiger partial charge is 0.259 e. The first-order chi connectivity index (χ1) is 8.66. The van der Waals surface area contributed by atoms with E-state index in [2.05, 4.69) is 10.4 Å². The first kappa shape index (κ1) is 11.3. The van der Waals surface area contributed by atoms with Gasteiger partial charge in [0, 0.05) is 13.0 Å². The molecular formula is C12H12ClN3O2. The minimum atomic E-state index is -0.208. The van der Waals surface area contributed by atoms with E-state index in [1.807, 2.05) is 0 Å². The van der Waals surface area contributed by atoms with Crippen molar-refractivity contribution in [1.29, 1.82) is 0 Å². The summed E-state index contributed by atoms with van der Waals surface area (Å²) in [6, 6.07) is 1.69. The zero-order valence-electron chi connectivity index (χ0n) is 9.81. The minimum absolute atomic E-state index is 0.208. The lowest BCUT2D eigenvalue weighted by Crippen LogP contribution is -2.12. The van der Waals surface area contributed by atoms with E-state index in [9.17, 15) is 4.79 Å². The molecule has 94 valence electrons. The number of nitrogens with zero attached hydrogens (tertiary/aromatic N) is 2. The van der Waals surface area contributed by atoms with Crippen molar-refractivity contribution in [3.63, 3.8) is 0 Å². The average Bonchev–Trinajstić information content (AvgIpc) is 3.01. The number of nitrogens with one attached hydrogen (secondary N) is 1. The topological polar surface area (TPSA) is 60.1 Å². The highest BCUT2D eigenvalue weighted by molar-refractivity contribution is 6.32. The number of hydrogen-bond acceptors (Lipinski definition) is 3. The lowest BCUT2D eigenvalue weighted by atomic mass is 10.2. The van der Waals surface area contributed by atoms with Gasteiger partial charge in [-0.25, -0.2) is 0 Å². The van der Waals surface area contributed by atoms with Crippen LogP contribution in [0.3, 0.4) is 0 Å². The molecule has 2 aromatic heterocycles. The lowest BCUT2D eigenvalue weighted by molar-refractivity contribution is 0.102. The SMILES string of the molecule is Cn1ncc(NC(=O)c2ccoc2C2CC2)c1Cl. The van der Waals surface area contributed by atoms with Crippen LogP contribution in [0.1, 0.15) is 34.9 Å². The van der Waals surface area contributed by atoms with Crippen LogP contribution in [0.25, 0.3) is 0 Å². The van der Waals surface area contributed by atoms with Gasteiger partial charge in [0.25, 0.3) is 5.91 Å². The van der Waals surface area contributed by atoms with E-state index in [1.54, 1.807) is 19.4 Å². The second-order valence-corrected chi connectivity index (χ2v) is 4.76. The van der Waals surface area contributed by atoms with Gasteiger partial charge in [0.05, 0.1) is 23.7 Å². The molecule has 3 rings (SSSR count). The van der Waals surface area contributed by atoms with E-state index in [-0.39, 0.29) is 5.91 Å². The van der Waals surface area contributed by atoms with Crippen molar-refractivity contribution in [1.82, 2.24) is 9.78 Å². The van der Waals surface area contributed by atoms with E-state index in [0.717, 1.165) is 18.6 Å². The molecule has 0 radical (unpaired) electrons. The number of halogens is 1. The molecule has 18 heavy (non-hydrogen) atoms. The van der Waals surface area contributed by atoms with Gasteiger partial charge >= 0.3 is 0 Å². The van der Waals surface area contributed by atoms with Crippen LogP contribution in [0, 0.1) is 0 Å². The van der Waals surface area contributed by atoms with Crippen molar-refractivity contribution in [3.05, 3.63) is 35.0 Å². The van der Waals surface area contributed by atoms with Gasteiger partial charge < -0.3 is 9.73 Å². The molecule has 1 fully saturated rings. The van der Waals surface area contributed by atoms with Gasteiger partial charge in [0.15, 0.2) is 0 Å². The average molecular weight is 266 g/mol. The summed E-state index contributed by atoms with van der Waals surface area (Å²) in [7, 11) is 1.71. The van der Waals surface area contributed by atoms with Crippen LogP contribution in [-0.2, 0) is 7.05 Å². The summed E-state index contributed by atoms with van der Waals surface area (Å²) in [6.07, 6.45) is 5.24. The van der Waals surface area contributed by atoms with E-state index in [1.165, 1.54) is 10.9 Å². The van der Waals surface area contributed by atoms with Crippen molar-refractivity contribution in [2.45, 2.75) is 18.8 Å². The second-order valence-electron chi connectivity index (χ2n) is 4.40. The quantitative estimate of drug-likeness (QED) is 0.928. The van der Waals surface area contributed by atoms with Crippen LogP contribution in [0.15, 0.2) is 22.9 Å². The first-order valence-electron chi connectivity index (χ1n) is 5.73. The Morgan fingerprint density at radius 2 is 2.39 bits per heavy atom. The van der Waals surface area contributed by atoms with E-state index in [4.69, 9.17) is 16.0 Å². The van der Waals surface area contributed by atoms with E-state index >= 15 is 0 Å². The number of aromatic nitrogens is 2. The number of hydrogen-bond donors (Lipinski definition) is 1. The summed E-state index contributed by atoms with van der Waals surface area (Å²) in [6.45, 7) is 0. The maximum atomic E-state index is 12.1. The highest BCUT2D eigenvalue weighted by Crippen LogP contribution is 2.42. The molecule has 1 aliphatic carbocycles. The van der Waals surface area contributed by atoms with Crippen molar-refractivity contribution in [2.75, 3.05) is 5.32 Å². The molecule has 0 aromatic carbocycles. The molecule has 0 saturated heterocycles. The number of carbonyl (C=O) groups is 1. The van der Waals surface area contributed by atoms with E-state index in [0.29, 0.717) is 22.3 Å². The fourth-order valence-corrected chi connectivity index (χ4v) is 2.01. The molecule has 0 spiro atoms. The number of anilines is 1. The van der Waals surface area contributed by atoms with Gasteiger partial charge in [0.2, 0.25) is 0 Å². The maximum Gasteiger partial charge on any atom is 0.259 e. The lowest BCUT2D eigenvalue weighted by Gasteiger charge is -2.03. The molecule has 0 atom stereocenters. The zero-order chi connectivity index (χ0) is 12.7. The van der Waals surface area contributed by atoms with Crippen molar-refractivity contribution < 1.29 is 9.21 Å². The van der Waals surface area contributed by atoms with Gasteiger partial charge in [0.1, 0.15) is 10.9 Å². The molecule has 6 heteroatoms. The Labute approximate surface area is 109 Å². The number of carbonyl (C=O) groups excluding carboxylic acids is 1. The minimum Gasteiger partial charge on any atom is -0.468 e. The molecule has 1 N–H and O–H groups in total. The van der Waals surface area contributed by atoms with Crippen LogP contribution >= 0.6 is 11.6 Å². The first-order valence-corrected chi connectivity index (χ1v) is 6.11. The van der Waals surface area contributed by atoms with Gasteiger partial charge in [-0.3, -0.25) is 9.48 Å². The zero-order valence-corrected chi connectivity index (χ0v) is 10.6. The highest BCUT2D eigenvalue weighted by Gasteiger charge is 2.31. The molecule has 2 heterocycles. The summed E-state index contributed by atoms with van der Waals surface area (Å²) in [5, 5.41) is 7.11. The fourth-order valence-electron chi connectivity index (χ4n) is 1.87. The summed E-state index contributed by atoms with van der Waals surface area (Å²) in [5.74, 6) is 0.957. The third-order valence-electron chi connectivity index (χ3n) is 3.00. The molecule has 2 aromatic rings. The number of aryl methyl sites for hydroxylation is 1. The Balaban J connectivity index is 1.82. The third kappa shape index (κ3) is 1.90. The predicted molar refractivity (Wildman–Crippen MR) is 66.9 cm³/mol. The molecule has 0 unspecified atom stereocenters. The van der Waals surface area contributed by atoms with E-state index < -0.39 is 0 Å². The molecule has 0 aliphatic heterocycles. The van der Waals surface area contributed by atoms with Gasteiger partial charge in [-0.2, -0.15) is 5.10 Å². The fraction of sp³-hybridized carbons (Fsp3) is 0.333. The number of rotatable bonds is 3. The Hall–Kier alpha value is -1.75. The number of furan rings is 1. The second kappa shape index (κ2) is 4.17. The van der Waals surface area contributed by atoms with Crippen LogP contribution in [0.4, 0.5) is 5.69 Å². The molecular weight excluding hydrogens is 254 g/mol. The number of amides is 1. The van der Waals surface area contributed by atoms with Crippen LogP contribution in [0.2, 0.25) is 5.15 Å². The largest absolute Gasteiger partial charge is 0.468 e. The normalized spacial score (nSPS) is 14.8. The molecule has 1 saturated carbocycles. The third-order valence-corrected chi connectivity index (χ3v) is 3.45. The highest BCUT2D eigenvalue weighted by atomic mass is 35.5. The Kier molecular flexibility index (Phi) is 2.63. The summed E-state index contributed by atoms with van der Waals surface area (Å²) in [4.78, 5) is 12.1. The Bertz CT molecular complexity index is 598. The van der Waals surface area contributed by atoms with Crippen LogP contribution in [0.5, 0.6) is 0 Å².